The van der Waals surface area contributed by atoms with E-state index in [0.717, 1.165) is 4.48 Å². The molecule has 2 heteroatoms. The van der Waals surface area contributed by atoms with E-state index in [2.05, 4.69) is 52.2 Å². The summed E-state index contributed by atoms with van der Waals surface area (Å²) in [5, 5.41) is 0. The van der Waals surface area contributed by atoms with Gasteiger partial charge in [0.15, 0.2) is 0 Å². The van der Waals surface area contributed by atoms with Crippen molar-refractivity contribution in [1.82, 2.24) is 4.48 Å². The van der Waals surface area contributed by atoms with Crippen LogP contribution in [0.15, 0.2) is 24.3 Å². The second kappa shape index (κ2) is 18.3. The lowest BCUT2D eigenvalue weighted by Gasteiger charge is -2.30. The van der Waals surface area contributed by atoms with Crippen LogP contribution in [-0.4, -0.2) is 20.6 Å². The largest absolute Gasteiger partial charge is 1.00 e. The first-order valence-electron chi connectivity index (χ1n) is 12.5. The summed E-state index contributed by atoms with van der Waals surface area (Å²) in [7, 11) is 4.71. The van der Waals surface area contributed by atoms with Gasteiger partial charge in [-0.15, -0.1) is 0 Å². The molecule has 170 valence electrons. The van der Waals surface area contributed by atoms with Crippen molar-refractivity contribution in [2.45, 2.75) is 117 Å². The minimum atomic E-state index is 0. The number of nitrogens with zero attached hydrogens (tertiary/aromatic N) is 1. The highest BCUT2D eigenvalue weighted by molar-refractivity contribution is 5.48. The summed E-state index contributed by atoms with van der Waals surface area (Å²) in [4.78, 5) is 0. The first-order chi connectivity index (χ1) is 13.6. The molecule has 0 spiro atoms. The van der Waals surface area contributed by atoms with E-state index in [9.17, 15) is 0 Å². The zero-order chi connectivity index (χ0) is 20.5. The van der Waals surface area contributed by atoms with Gasteiger partial charge in [-0.25, -0.2) is 0 Å². The Hall–Kier alpha value is -0.530. The molecule has 0 saturated heterocycles. The van der Waals surface area contributed by atoms with Gasteiger partial charge in [-0.05, 0) is 25.8 Å². The van der Waals surface area contributed by atoms with Crippen molar-refractivity contribution in [2.75, 3.05) is 20.6 Å². The standard InChI is InChI=1S/C27H50N.ClH/c1-5-6-7-8-9-10-11-12-13-14-15-16-17-18-19-22-25-28(3,4)27-24-21-20-23-26(27)2;/h20-21,23-24H,5-19,22,25H2,1-4H3;1H/q+1;/p-1. The Bertz CT molecular complexity index is 483. The van der Waals surface area contributed by atoms with Crippen molar-refractivity contribution < 1.29 is 12.4 Å². The van der Waals surface area contributed by atoms with Crippen molar-refractivity contribution in [2.24, 2.45) is 0 Å². The Balaban J connectivity index is 0.00000784. The Morgan fingerprint density at radius 2 is 0.966 bits per heavy atom. The number of unbranched alkanes of at least 4 members (excludes halogenated alkanes) is 15. The van der Waals surface area contributed by atoms with Crippen LogP contribution in [0.5, 0.6) is 0 Å². The summed E-state index contributed by atoms with van der Waals surface area (Å²) in [6.45, 7) is 5.79. The average Bonchev–Trinajstić information content (AvgIpc) is 2.68. The van der Waals surface area contributed by atoms with Crippen LogP contribution in [0.4, 0.5) is 5.69 Å². The van der Waals surface area contributed by atoms with Gasteiger partial charge < -0.3 is 12.4 Å². The fourth-order valence-electron chi connectivity index (χ4n) is 4.42. The topological polar surface area (TPSA) is 0 Å². The van der Waals surface area contributed by atoms with E-state index in [1.54, 1.807) is 0 Å². The van der Waals surface area contributed by atoms with Crippen LogP contribution in [0.3, 0.4) is 0 Å². The number of para-hydroxylation sites is 1. The van der Waals surface area contributed by atoms with Gasteiger partial charge in [0.05, 0.1) is 20.6 Å². The molecule has 1 nitrogen and oxygen atoms in total. The molecule has 1 aromatic carbocycles. The number of quaternary nitrogens is 1. The zero-order valence-electron chi connectivity index (χ0n) is 20.2. The maximum atomic E-state index is 2.35. The molecule has 0 heterocycles. The predicted molar refractivity (Wildman–Crippen MR) is 129 cm³/mol. The highest BCUT2D eigenvalue weighted by Gasteiger charge is 2.19. The average molecular weight is 424 g/mol. The summed E-state index contributed by atoms with van der Waals surface area (Å²) in [6.07, 6.45) is 23.1. The monoisotopic (exact) mass is 423 g/mol. The van der Waals surface area contributed by atoms with Gasteiger partial charge in [0.25, 0.3) is 0 Å². The van der Waals surface area contributed by atoms with E-state index in [1.165, 1.54) is 121 Å². The molecule has 29 heavy (non-hydrogen) atoms. The van der Waals surface area contributed by atoms with Crippen LogP contribution < -0.4 is 16.9 Å². The smallest absolute Gasteiger partial charge is 0.135 e. The normalized spacial score (nSPS) is 11.4. The maximum Gasteiger partial charge on any atom is 0.135 e. The van der Waals surface area contributed by atoms with Gasteiger partial charge in [0.2, 0.25) is 0 Å². The molecule has 0 aliphatic carbocycles. The maximum absolute atomic E-state index is 2.35. The van der Waals surface area contributed by atoms with Crippen molar-refractivity contribution >= 4 is 5.69 Å². The summed E-state index contributed by atoms with van der Waals surface area (Å²) in [5.74, 6) is 0. The lowest BCUT2D eigenvalue weighted by Crippen LogP contribution is -3.00. The summed E-state index contributed by atoms with van der Waals surface area (Å²) in [6, 6.07) is 8.86. The number of halogens is 1. The molecule has 0 aliphatic heterocycles. The predicted octanol–water partition coefficient (Wildman–Crippen LogP) is 5.83. The second-order valence-corrected chi connectivity index (χ2v) is 9.50. The minimum absolute atomic E-state index is 0. The Morgan fingerprint density at radius 1 is 0.586 bits per heavy atom. The number of hydrogen-bond donors (Lipinski definition) is 0. The van der Waals surface area contributed by atoms with Crippen LogP contribution in [0.1, 0.15) is 115 Å². The Morgan fingerprint density at radius 3 is 1.38 bits per heavy atom. The lowest BCUT2D eigenvalue weighted by atomic mass is 10.0. The molecule has 0 bridgehead atoms. The van der Waals surface area contributed by atoms with E-state index in [1.807, 2.05) is 0 Å². The zero-order valence-corrected chi connectivity index (χ0v) is 20.9. The van der Waals surface area contributed by atoms with Gasteiger partial charge in [-0.1, -0.05) is 115 Å². The first kappa shape index (κ1) is 28.5. The molecule has 1 rings (SSSR count). The van der Waals surface area contributed by atoms with E-state index in [-0.39, 0.29) is 12.4 Å². The van der Waals surface area contributed by atoms with Crippen LogP contribution in [0, 0.1) is 6.92 Å². The summed E-state index contributed by atoms with van der Waals surface area (Å²) >= 11 is 0. The SMILES string of the molecule is CCCCCCCCCCCCCCCCCC[N+](C)(C)c1ccccc1C.[Cl-]. The third kappa shape index (κ3) is 14.2. The fraction of sp³-hybridized carbons (Fsp3) is 0.778. The Kier molecular flexibility index (Phi) is 17.9. The summed E-state index contributed by atoms with van der Waals surface area (Å²) in [5.41, 5.74) is 2.90. The van der Waals surface area contributed by atoms with Gasteiger partial charge in [0.1, 0.15) is 5.69 Å². The number of hydrogen-bond acceptors (Lipinski definition) is 0. The minimum Gasteiger partial charge on any atom is -1.00 e. The number of benzene rings is 1. The number of aryl methyl sites for hydroxylation is 1. The molecule has 0 N–H and O–H groups in total. The van der Waals surface area contributed by atoms with Crippen molar-refractivity contribution in [3.63, 3.8) is 0 Å². The molecular weight excluding hydrogens is 374 g/mol. The third-order valence-electron chi connectivity index (χ3n) is 6.34. The van der Waals surface area contributed by atoms with Gasteiger partial charge >= 0.3 is 0 Å². The lowest BCUT2D eigenvalue weighted by molar-refractivity contribution is -0.00000635. The van der Waals surface area contributed by atoms with Crippen molar-refractivity contribution in [1.29, 1.82) is 0 Å². The van der Waals surface area contributed by atoms with Crippen LogP contribution in [-0.2, 0) is 0 Å². The molecule has 0 amide bonds. The quantitative estimate of drug-likeness (QED) is 0.206. The summed E-state index contributed by atoms with van der Waals surface area (Å²) < 4.78 is 1.02. The van der Waals surface area contributed by atoms with Crippen LogP contribution >= 0.6 is 0 Å². The molecule has 0 unspecified atom stereocenters. The highest BCUT2D eigenvalue weighted by Crippen LogP contribution is 2.24. The molecule has 0 fully saturated rings. The fourth-order valence-corrected chi connectivity index (χ4v) is 4.42. The van der Waals surface area contributed by atoms with Crippen LogP contribution in [0.2, 0.25) is 0 Å². The van der Waals surface area contributed by atoms with E-state index in [4.69, 9.17) is 0 Å². The Labute approximate surface area is 189 Å². The van der Waals surface area contributed by atoms with E-state index >= 15 is 0 Å². The van der Waals surface area contributed by atoms with Crippen LogP contribution in [0.25, 0.3) is 0 Å². The molecule has 1 aromatic rings. The first-order valence-corrected chi connectivity index (χ1v) is 12.5. The van der Waals surface area contributed by atoms with Gasteiger partial charge in [0, 0.05) is 5.56 Å². The molecule has 0 radical (unpaired) electrons. The van der Waals surface area contributed by atoms with Gasteiger partial charge in [-0.2, -0.15) is 0 Å². The number of rotatable bonds is 18. The van der Waals surface area contributed by atoms with Gasteiger partial charge in [-0.3, -0.25) is 4.48 Å². The third-order valence-corrected chi connectivity index (χ3v) is 6.34. The molecular formula is C27H50ClN. The van der Waals surface area contributed by atoms with Crippen molar-refractivity contribution in [3.05, 3.63) is 29.8 Å². The molecule has 0 aromatic heterocycles. The molecule has 0 saturated carbocycles. The van der Waals surface area contributed by atoms with E-state index < -0.39 is 0 Å². The molecule has 0 aliphatic rings. The van der Waals surface area contributed by atoms with Crippen molar-refractivity contribution in [3.8, 4) is 0 Å². The second-order valence-electron chi connectivity index (χ2n) is 9.50. The highest BCUT2D eigenvalue weighted by atomic mass is 35.5. The molecule has 0 atom stereocenters. The van der Waals surface area contributed by atoms with E-state index in [0.29, 0.717) is 0 Å².